The first-order valence-electron chi connectivity index (χ1n) is 3.45. The van der Waals surface area contributed by atoms with Gasteiger partial charge < -0.3 is 4.79 Å². The van der Waals surface area contributed by atoms with Gasteiger partial charge in [-0.15, -0.1) is 11.3 Å². The van der Waals surface area contributed by atoms with Crippen LogP contribution in [-0.2, 0) is 11.2 Å². The van der Waals surface area contributed by atoms with Gasteiger partial charge in [-0.2, -0.15) is 0 Å². The molecule has 0 aromatic carbocycles. The minimum Gasteiger partial charge on any atom is -0.303 e. The summed E-state index contributed by atoms with van der Waals surface area (Å²) in [5.74, 6) is 0. The van der Waals surface area contributed by atoms with E-state index in [-0.39, 0.29) is 0 Å². The number of hydrogen-bond acceptors (Lipinski definition) is 2. The van der Waals surface area contributed by atoms with Crippen molar-refractivity contribution in [2.45, 2.75) is 12.8 Å². The van der Waals surface area contributed by atoms with Crippen molar-refractivity contribution in [3.63, 3.8) is 0 Å². The Morgan fingerprint density at radius 1 is 1.73 bits per heavy atom. The molecule has 1 aromatic heterocycles. The number of allylic oxidation sites excluding steroid dienone is 1. The molecule has 0 radical (unpaired) electrons. The molecule has 1 rings (SSSR count). The van der Waals surface area contributed by atoms with Crippen LogP contribution in [0.4, 0.5) is 0 Å². The van der Waals surface area contributed by atoms with E-state index < -0.39 is 0 Å². The van der Waals surface area contributed by atoms with E-state index in [4.69, 9.17) is 0 Å². The van der Waals surface area contributed by atoms with Gasteiger partial charge in [0, 0.05) is 17.7 Å². The number of aldehydes is 1. The summed E-state index contributed by atoms with van der Waals surface area (Å²) in [6, 6.07) is 4.06. The van der Waals surface area contributed by atoms with Gasteiger partial charge in [0.1, 0.15) is 6.29 Å². The zero-order valence-corrected chi connectivity index (χ0v) is 7.06. The van der Waals surface area contributed by atoms with Crippen molar-refractivity contribution in [2.75, 3.05) is 0 Å². The van der Waals surface area contributed by atoms with Crippen molar-refractivity contribution in [1.82, 2.24) is 0 Å². The van der Waals surface area contributed by atoms with Gasteiger partial charge in [0.15, 0.2) is 0 Å². The van der Waals surface area contributed by atoms with Crippen molar-refractivity contribution in [1.29, 1.82) is 0 Å². The monoisotopic (exact) mass is 166 g/mol. The van der Waals surface area contributed by atoms with E-state index in [1.165, 1.54) is 4.88 Å². The van der Waals surface area contributed by atoms with E-state index in [0.29, 0.717) is 6.42 Å². The predicted molar refractivity (Wildman–Crippen MR) is 47.8 cm³/mol. The van der Waals surface area contributed by atoms with Crippen LogP contribution in [0.15, 0.2) is 29.7 Å². The van der Waals surface area contributed by atoms with E-state index in [2.05, 4.69) is 12.6 Å². The van der Waals surface area contributed by atoms with Crippen LogP contribution in [0.25, 0.3) is 0 Å². The third-order valence-electron chi connectivity index (χ3n) is 1.38. The van der Waals surface area contributed by atoms with Crippen molar-refractivity contribution in [2.24, 2.45) is 0 Å². The van der Waals surface area contributed by atoms with Crippen LogP contribution in [0, 0.1) is 0 Å². The van der Waals surface area contributed by atoms with Crippen LogP contribution in [0.2, 0.25) is 0 Å². The Labute approximate surface area is 70.4 Å². The van der Waals surface area contributed by atoms with Gasteiger partial charge in [-0.3, -0.25) is 0 Å². The summed E-state index contributed by atoms with van der Waals surface area (Å²) >= 11 is 1.70. The molecule has 0 unspecified atom stereocenters. The van der Waals surface area contributed by atoms with Crippen molar-refractivity contribution >= 4 is 17.6 Å². The lowest BCUT2D eigenvalue weighted by Gasteiger charge is -1.96. The standard InChI is InChI=1S/C9H10OS/c1-8(4-5-10)7-9-3-2-6-11-9/h2-3,5-6H,1,4,7H2. The minimum atomic E-state index is 0.484. The summed E-state index contributed by atoms with van der Waals surface area (Å²) in [6.45, 7) is 3.79. The second kappa shape index (κ2) is 4.09. The maximum atomic E-state index is 10.1. The Bertz CT molecular complexity index is 236. The Morgan fingerprint density at radius 2 is 2.55 bits per heavy atom. The van der Waals surface area contributed by atoms with E-state index in [1.807, 2.05) is 11.4 Å². The molecule has 0 spiro atoms. The van der Waals surface area contributed by atoms with Gasteiger partial charge in [-0.1, -0.05) is 18.2 Å². The number of carbonyl (C=O) groups excluding carboxylic acids is 1. The smallest absolute Gasteiger partial charge is 0.124 e. The van der Waals surface area contributed by atoms with Crippen LogP contribution in [0.5, 0.6) is 0 Å². The highest BCUT2D eigenvalue weighted by atomic mass is 32.1. The first-order valence-corrected chi connectivity index (χ1v) is 4.33. The molecular formula is C9H10OS. The topological polar surface area (TPSA) is 17.1 Å². The normalized spacial score (nSPS) is 9.45. The second-order valence-electron chi connectivity index (χ2n) is 2.38. The number of carbonyl (C=O) groups is 1. The van der Waals surface area contributed by atoms with Gasteiger partial charge in [0.25, 0.3) is 0 Å². The summed E-state index contributed by atoms with van der Waals surface area (Å²) in [4.78, 5) is 11.4. The fraction of sp³-hybridized carbons (Fsp3) is 0.222. The van der Waals surface area contributed by atoms with Crippen LogP contribution in [0.1, 0.15) is 11.3 Å². The van der Waals surface area contributed by atoms with Gasteiger partial charge >= 0.3 is 0 Å². The third-order valence-corrected chi connectivity index (χ3v) is 2.25. The predicted octanol–water partition coefficient (Wildman–Crippen LogP) is 2.44. The molecule has 0 amide bonds. The third kappa shape index (κ3) is 2.68. The molecule has 0 N–H and O–H groups in total. The van der Waals surface area contributed by atoms with Crippen molar-refractivity contribution < 1.29 is 4.79 Å². The Hall–Kier alpha value is -0.890. The number of rotatable bonds is 4. The number of hydrogen-bond donors (Lipinski definition) is 0. The highest BCUT2D eigenvalue weighted by Crippen LogP contribution is 2.13. The quantitative estimate of drug-likeness (QED) is 0.496. The zero-order chi connectivity index (χ0) is 8.10. The lowest BCUT2D eigenvalue weighted by molar-refractivity contribution is -0.107. The number of thiophene rings is 1. The van der Waals surface area contributed by atoms with Gasteiger partial charge in [0.2, 0.25) is 0 Å². The molecule has 0 saturated heterocycles. The summed E-state index contributed by atoms with van der Waals surface area (Å²) in [6.07, 6.45) is 2.23. The van der Waals surface area contributed by atoms with Crippen molar-refractivity contribution in [3.05, 3.63) is 34.5 Å². The summed E-state index contributed by atoms with van der Waals surface area (Å²) in [5.41, 5.74) is 0.988. The Kier molecular flexibility index (Phi) is 3.05. The molecule has 0 aliphatic carbocycles. The Balaban J connectivity index is 2.43. The lowest BCUT2D eigenvalue weighted by atomic mass is 10.1. The highest BCUT2D eigenvalue weighted by molar-refractivity contribution is 7.09. The van der Waals surface area contributed by atoms with Crippen LogP contribution >= 0.6 is 11.3 Å². The molecular weight excluding hydrogens is 156 g/mol. The van der Waals surface area contributed by atoms with Crippen molar-refractivity contribution in [3.8, 4) is 0 Å². The molecule has 0 atom stereocenters. The van der Waals surface area contributed by atoms with Gasteiger partial charge in [0.05, 0.1) is 0 Å². The molecule has 1 nitrogen and oxygen atoms in total. The summed E-state index contributed by atoms with van der Waals surface area (Å²) in [7, 11) is 0. The molecule has 58 valence electrons. The Morgan fingerprint density at radius 3 is 3.09 bits per heavy atom. The van der Waals surface area contributed by atoms with Gasteiger partial charge in [-0.05, 0) is 11.4 Å². The van der Waals surface area contributed by atoms with E-state index in [9.17, 15) is 4.79 Å². The average molecular weight is 166 g/mol. The molecule has 0 bridgehead atoms. The molecule has 0 aliphatic heterocycles. The summed E-state index contributed by atoms with van der Waals surface area (Å²) < 4.78 is 0. The molecule has 1 aromatic rings. The molecule has 2 heteroatoms. The molecule has 0 saturated carbocycles. The average Bonchev–Trinajstić information content (AvgIpc) is 2.40. The van der Waals surface area contributed by atoms with E-state index >= 15 is 0 Å². The van der Waals surface area contributed by atoms with E-state index in [0.717, 1.165) is 18.3 Å². The first kappa shape index (κ1) is 8.21. The molecule has 11 heavy (non-hydrogen) atoms. The lowest BCUT2D eigenvalue weighted by Crippen LogP contribution is -1.86. The van der Waals surface area contributed by atoms with Crippen LogP contribution in [-0.4, -0.2) is 6.29 Å². The van der Waals surface area contributed by atoms with Crippen LogP contribution in [0.3, 0.4) is 0 Å². The molecule has 0 fully saturated rings. The maximum Gasteiger partial charge on any atom is 0.124 e. The van der Waals surface area contributed by atoms with E-state index in [1.54, 1.807) is 11.3 Å². The minimum absolute atomic E-state index is 0.484. The SMILES string of the molecule is C=C(CC=O)Cc1cccs1. The maximum absolute atomic E-state index is 10.1. The molecule has 1 heterocycles. The second-order valence-corrected chi connectivity index (χ2v) is 3.41. The largest absolute Gasteiger partial charge is 0.303 e. The van der Waals surface area contributed by atoms with Gasteiger partial charge in [-0.25, -0.2) is 0 Å². The fourth-order valence-electron chi connectivity index (χ4n) is 0.850. The highest BCUT2D eigenvalue weighted by Gasteiger charge is 1.96. The van der Waals surface area contributed by atoms with Crippen LogP contribution < -0.4 is 0 Å². The zero-order valence-electron chi connectivity index (χ0n) is 6.25. The first-order chi connectivity index (χ1) is 5.33. The fourth-order valence-corrected chi connectivity index (χ4v) is 1.63. The summed E-state index contributed by atoms with van der Waals surface area (Å²) in [5, 5.41) is 2.03. The molecule has 0 aliphatic rings.